The molecule has 0 aliphatic rings. The highest BCUT2D eigenvalue weighted by Crippen LogP contribution is 2.24. The lowest BCUT2D eigenvalue weighted by molar-refractivity contribution is 0.208. The number of hydrogen-bond acceptors (Lipinski definition) is 3. The van der Waals surface area contributed by atoms with E-state index in [1.807, 2.05) is 18.2 Å². The molecule has 1 unspecified atom stereocenters. The van der Waals surface area contributed by atoms with Gasteiger partial charge in [0.1, 0.15) is 11.6 Å². The molecular formula is C13H12BrFN2O. The fraction of sp³-hybridized carbons (Fsp3) is 0.154. The maximum absolute atomic E-state index is 13.2. The minimum atomic E-state index is -0.389. The van der Waals surface area contributed by atoms with Crippen molar-refractivity contribution in [3.63, 3.8) is 0 Å². The van der Waals surface area contributed by atoms with Crippen molar-refractivity contribution in [3.8, 4) is 5.75 Å². The van der Waals surface area contributed by atoms with Crippen LogP contribution in [0.3, 0.4) is 0 Å². The van der Waals surface area contributed by atoms with E-state index in [-0.39, 0.29) is 18.5 Å². The number of hydrogen-bond donors (Lipinski definition) is 1. The summed E-state index contributed by atoms with van der Waals surface area (Å²) in [5.74, 6) is 0.0548. The number of rotatable bonds is 4. The minimum Gasteiger partial charge on any atom is -0.483 e. The van der Waals surface area contributed by atoms with Crippen molar-refractivity contribution in [2.45, 2.75) is 6.10 Å². The largest absolute Gasteiger partial charge is 0.483 e. The molecule has 3 nitrogen and oxygen atoms in total. The zero-order chi connectivity index (χ0) is 13.0. The normalized spacial score (nSPS) is 12.2. The Balaban J connectivity index is 2.20. The van der Waals surface area contributed by atoms with Crippen molar-refractivity contribution >= 4 is 15.9 Å². The van der Waals surface area contributed by atoms with Gasteiger partial charge in [0.2, 0.25) is 0 Å². The van der Waals surface area contributed by atoms with E-state index in [0.29, 0.717) is 10.2 Å². The van der Waals surface area contributed by atoms with Gasteiger partial charge in [0.25, 0.3) is 0 Å². The van der Waals surface area contributed by atoms with Crippen molar-refractivity contribution in [2.24, 2.45) is 5.73 Å². The van der Waals surface area contributed by atoms with Crippen molar-refractivity contribution in [3.05, 3.63) is 58.6 Å². The van der Waals surface area contributed by atoms with Gasteiger partial charge in [-0.25, -0.2) is 4.39 Å². The number of aromatic nitrogens is 1. The van der Waals surface area contributed by atoms with Gasteiger partial charge in [-0.05, 0) is 24.3 Å². The Labute approximate surface area is 113 Å². The molecule has 94 valence electrons. The second kappa shape index (κ2) is 5.93. The summed E-state index contributed by atoms with van der Waals surface area (Å²) in [6, 6.07) is 9.87. The highest BCUT2D eigenvalue weighted by Gasteiger charge is 2.13. The first kappa shape index (κ1) is 13.0. The Hall–Kier alpha value is -1.46. The number of pyridine rings is 1. The zero-order valence-corrected chi connectivity index (χ0v) is 11.1. The van der Waals surface area contributed by atoms with Crippen molar-refractivity contribution in [1.82, 2.24) is 4.98 Å². The predicted octanol–water partition coefficient (Wildman–Crippen LogP) is 3.06. The molecule has 0 saturated heterocycles. The lowest BCUT2D eigenvalue weighted by Gasteiger charge is -2.17. The summed E-state index contributed by atoms with van der Waals surface area (Å²) < 4.78 is 19.5. The summed E-state index contributed by atoms with van der Waals surface area (Å²) in [6.45, 7) is 0.269. The molecule has 2 aromatic rings. The number of ether oxygens (including phenoxy) is 1. The van der Waals surface area contributed by atoms with E-state index in [1.165, 1.54) is 12.1 Å². The lowest BCUT2D eigenvalue weighted by Crippen LogP contribution is -2.19. The summed E-state index contributed by atoms with van der Waals surface area (Å²) >= 11 is 3.21. The van der Waals surface area contributed by atoms with Gasteiger partial charge in [-0.1, -0.05) is 22.0 Å². The molecule has 0 amide bonds. The van der Waals surface area contributed by atoms with E-state index in [0.717, 1.165) is 5.69 Å². The van der Waals surface area contributed by atoms with Crippen LogP contribution in [-0.4, -0.2) is 11.5 Å². The van der Waals surface area contributed by atoms with E-state index in [2.05, 4.69) is 20.9 Å². The van der Waals surface area contributed by atoms with Crippen LogP contribution in [0.2, 0.25) is 0 Å². The van der Waals surface area contributed by atoms with Crippen LogP contribution >= 0.6 is 15.9 Å². The molecule has 5 heteroatoms. The summed E-state index contributed by atoms with van der Waals surface area (Å²) in [7, 11) is 0. The molecule has 0 aliphatic carbocycles. The van der Waals surface area contributed by atoms with Crippen molar-refractivity contribution in [1.29, 1.82) is 0 Å². The van der Waals surface area contributed by atoms with E-state index in [4.69, 9.17) is 10.5 Å². The second-order valence-corrected chi connectivity index (χ2v) is 4.62. The summed E-state index contributed by atoms with van der Waals surface area (Å²) in [6.07, 6.45) is 1.28. The van der Waals surface area contributed by atoms with Gasteiger partial charge in [0.05, 0.1) is 5.69 Å². The standard InChI is InChI=1S/C13H12BrFN2O/c14-9-5-10(15)7-11(6-9)18-13(8-16)12-3-1-2-4-17-12/h1-7,13H,8,16H2. The van der Waals surface area contributed by atoms with Crippen LogP contribution in [0.25, 0.3) is 0 Å². The number of nitrogens with zero attached hydrogens (tertiary/aromatic N) is 1. The van der Waals surface area contributed by atoms with Crippen LogP contribution in [0, 0.1) is 5.82 Å². The Morgan fingerprint density at radius 3 is 2.78 bits per heavy atom. The van der Waals surface area contributed by atoms with Gasteiger partial charge in [0, 0.05) is 23.3 Å². The third-order valence-electron chi connectivity index (χ3n) is 2.35. The molecule has 0 fully saturated rings. The number of halogens is 2. The Kier molecular flexibility index (Phi) is 4.28. The molecule has 1 heterocycles. The van der Waals surface area contributed by atoms with Crippen LogP contribution < -0.4 is 10.5 Å². The molecule has 0 bridgehead atoms. The smallest absolute Gasteiger partial charge is 0.153 e. The van der Waals surface area contributed by atoms with Gasteiger partial charge in [0.15, 0.2) is 6.10 Å². The number of nitrogens with two attached hydrogens (primary N) is 1. The van der Waals surface area contributed by atoms with Crippen LogP contribution in [0.4, 0.5) is 4.39 Å². The van der Waals surface area contributed by atoms with Crippen LogP contribution in [0.15, 0.2) is 47.1 Å². The minimum absolute atomic E-state index is 0.269. The van der Waals surface area contributed by atoms with Gasteiger partial charge in [-0.2, -0.15) is 0 Å². The summed E-state index contributed by atoms with van der Waals surface area (Å²) in [5, 5.41) is 0. The second-order valence-electron chi connectivity index (χ2n) is 3.70. The van der Waals surface area contributed by atoms with E-state index in [1.54, 1.807) is 12.3 Å². The molecule has 2 N–H and O–H groups in total. The Bertz CT molecular complexity index is 501. The SMILES string of the molecule is NCC(Oc1cc(F)cc(Br)c1)c1ccccn1. The van der Waals surface area contributed by atoms with E-state index in [9.17, 15) is 4.39 Å². The predicted molar refractivity (Wildman–Crippen MR) is 70.8 cm³/mol. The maximum atomic E-state index is 13.2. The van der Waals surface area contributed by atoms with Gasteiger partial charge >= 0.3 is 0 Å². The van der Waals surface area contributed by atoms with Crippen LogP contribution in [0.1, 0.15) is 11.8 Å². The monoisotopic (exact) mass is 310 g/mol. The molecule has 0 aliphatic heterocycles. The molecule has 0 radical (unpaired) electrons. The molecule has 0 spiro atoms. The molecule has 18 heavy (non-hydrogen) atoms. The van der Waals surface area contributed by atoms with E-state index >= 15 is 0 Å². The van der Waals surface area contributed by atoms with Crippen LogP contribution in [0.5, 0.6) is 5.75 Å². The molecular weight excluding hydrogens is 299 g/mol. The molecule has 1 aromatic heterocycles. The number of benzene rings is 1. The first-order valence-corrected chi connectivity index (χ1v) is 6.22. The topological polar surface area (TPSA) is 48.1 Å². The molecule has 0 saturated carbocycles. The fourth-order valence-corrected chi connectivity index (χ4v) is 2.00. The quantitative estimate of drug-likeness (QED) is 0.944. The first-order valence-electron chi connectivity index (χ1n) is 5.43. The lowest BCUT2D eigenvalue weighted by atomic mass is 10.2. The first-order chi connectivity index (χ1) is 8.69. The Morgan fingerprint density at radius 1 is 1.33 bits per heavy atom. The summed E-state index contributed by atoms with van der Waals surface area (Å²) in [4.78, 5) is 4.18. The van der Waals surface area contributed by atoms with Crippen LogP contribution in [-0.2, 0) is 0 Å². The van der Waals surface area contributed by atoms with Gasteiger partial charge in [-0.3, -0.25) is 4.98 Å². The van der Waals surface area contributed by atoms with Crippen molar-refractivity contribution in [2.75, 3.05) is 6.54 Å². The highest BCUT2D eigenvalue weighted by molar-refractivity contribution is 9.10. The van der Waals surface area contributed by atoms with E-state index < -0.39 is 0 Å². The Morgan fingerprint density at radius 2 is 2.17 bits per heavy atom. The average Bonchev–Trinajstić information content (AvgIpc) is 2.36. The average molecular weight is 311 g/mol. The zero-order valence-electron chi connectivity index (χ0n) is 9.51. The maximum Gasteiger partial charge on any atom is 0.153 e. The third-order valence-corrected chi connectivity index (χ3v) is 2.80. The molecule has 2 rings (SSSR count). The van der Waals surface area contributed by atoms with Gasteiger partial charge < -0.3 is 10.5 Å². The molecule has 1 atom stereocenters. The molecule has 1 aromatic carbocycles. The summed E-state index contributed by atoms with van der Waals surface area (Å²) in [5.41, 5.74) is 6.38. The highest BCUT2D eigenvalue weighted by atomic mass is 79.9. The van der Waals surface area contributed by atoms with Gasteiger partial charge in [-0.15, -0.1) is 0 Å². The third kappa shape index (κ3) is 3.27. The fourth-order valence-electron chi connectivity index (χ4n) is 1.56. The van der Waals surface area contributed by atoms with Crippen molar-refractivity contribution < 1.29 is 9.13 Å².